The number of halogens is 1. The zero-order valence-electron chi connectivity index (χ0n) is 15.6. The summed E-state index contributed by atoms with van der Waals surface area (Å²) in [5, 5.41) is 6.54. The predicted octanol–water partition coefficient (Wildman–Crippen LogP) is 2.96. The van der Waals surface area contributed by atoms with Crippen molar-refractivity contribution in [2.45, 2.75) is 32.7 Å². The summed E-state index contributed by atoms with van der Waals surface area (Å²) in [5.74, 6) is 1.29. The standard InChI is InChI=1S/C19H29N3O3.HI/c1-3-25-18(23)17-9-7-15(8-10-17)13-22-19(20-2)21-11-4-12-24-14-16-5-6-16;/h7-10,16H,3-6,11-14H2,1-2H3,(H2,20,21,22);1H. The SMILES string of the molecule is CCOC(=O)c1ccc(CNC(=NC)NCCCOCC2CC2)cc1.I. The van der Waals surface area contributed by atoms with E-state index in [1.54, 1.807) is 26.1 Å². The molecule has 1 aliphatic rings. The fraction of sp³-hybridized carbons (Fsp3) is 0.579. The van der Waals surface area contributed by atoms with Gasteiger partial charge >= 0.3 is 5.97 Å². The van der Waals surface area contributed by atoms with E-state index in [4.69, 9.17) is 9.47 Å². The van der Waals surface area contributed by atoms with Crippen molar-refractivity contribution < 1.29 is 14.3 Å². The Hall–Kier alpha value is -1.35. The van der Waals surface area contributed by atoms with E-state index in [1.165, 1.54) is 12.8 Å². The van der Waals surface area contributed by atoms with Crippen molar-refractivity contribution in [3.63, 3.8) is 0 Å². The van der Waals surface area contributed by atoms with Gasteiger partial charge < -0.3 is 20.1 Å². The van der Waals surface area contributed by atoms with Crippen molar-refractivity contribution in [1.82, 2.24) is 10.6 Å². The fourth-order valence-corrected chi connectivity index (χ4v) is 2.30. The van der Waals surface area contributed by atoms with Gasteiger partial charge in [-0.25, -0.2) is 4.79 Å². The Kier molecular flexibility index (Phi) is 11.3. The minimum atomic E-state index is -0.289. The number of carbonyl (C=O) groups excluding carboxylic acids is 1. The minimum absolute atomic E-state index is 0. The predicted molar refractivity (Wildman–Crippen MR) is 114 cm³/mol. The van der Waals surface area contributed by atoms with E-state index < -0.39 is 0 Å². The van der Waals surface area contributed by atoms with Gasteiger partial charge in [0.1, 0.15) is 0 Å². The molecule has 0 saturated heterocycles. The lowest BCUT2D eigenvalue weighted by molar-refractivity contribution is 0.0526. The molecule has 0 radical (unpaired) electrons. The Balaban J connectivity index is 0.00000338. The third kappa shape index (κ3) is 8.84. The van der Waals surface area contributed by atoms with E-state index in [9.17, 15) is 4.79 Å². The van der Waals surface area contributed by atoms with Crippen molar-refractivity contribution >= 4 is 35.9 Å². The summed E-state index contributed by atoms with van der Waals surface area (Å²) in [6.45, 7) is 5.35. The molecule has 0 bridgehead atoms. The molecule has 1 fully saturated rings. The van der Waals surface area contributed by atoms with Gasteiger partial charge in [-0.15, -0.1) is 24.0 Å². The molecule has 1 aromatic carbocycles. The lowest BCUT2D eigenvalue weighted by Crippen LogP contribution is -2.37. The van der Waals surface area contributed by atoms with Crippen LogP contribution < -0.4 is 10.6 Å². The van der Waals surface area contributed by atoms with Gasteiger partial charge in [0.15, 0.2) is 5.96 Å². The van der Waals surface area contributed by atoms with Crippen LogP contribution >= 0.6 is 24.0 Å². The molecule has 146 valence electrons. The molecule has 6 nitrogen and oxygen atoms in total. The molecule has 0 atom stereocenters. The van der Waals surface area contributed by atoms with E-state index >= 15 is 0 Å². The van der Waals surface area contributed by atoms with Crippen LogP contribution in [-0.2, 0) is 16.0 Å². The molecule has 2 rings (SSSR count). The van der Waals surface area contributed by atoms with Crippen molar-refractivity contribution in [2.24, 2.45) is 10.9 Å². The molecule has 7 heteroatoms. The van der Waals surface area contributed by atoms with Crippen LogP contribution in [0.3, 0.4) is 0 Å². The number of aliphatic imine (C=N–C) groups is 1. The number of hydrogen-bond acceptors (Lipinski definition) is 4. The van der Waals surface area contributed by atoms with Gasteiger partial charge in [-0.3, -0.25) is 4.99 Å². The van der Waals surface area contributed by atoms with Crippen molar-refractivity contribution in [1.29, 1.82) is 0 Å². The molecule has 1 saturated carbocycles. The van der Waals surface area contributed by atoms with Crippen LogP contribution in [0.4, 0.5) is 0 Å². The first-order chi connectivity index (χ1) is 12.2. The van der Waals surface area contributed by atoms with E-state index in [-0.39, 0.29) is 29.9 Å². The van der Waals surface area contributed by atoms with Crippen LogP contribution in [0.5, 0.6) is 0 Å². The van der Waals surface area contributed by atoms with Gasteiger partial charge in [0.25, 0.3) is 0 Å². The van der Waals surface area contributed by atoms with Crippen LogP contribution in [-0.4, -0.2) is 45.3 Å². The topological polar surface area (TPSA) is 72.0 Å². The van der Waals surface area contributed by atoms with Crippen LogP contribution in [0.1, 0.15) is 42.1 Å². The number of benzene rings is 1. The number of rotatable bonds is 10. The van der Waals surface area contributed by atoms with Crippen molar-refractivity contribution in [3.05, 3.63) is 35.4 Å². The average molecular weight is 475 g/mol. The summed E-state index contributed by atoms with van der Waals surface area (Å²) < 4.78 is 10.6. The summed E-state index contributed by atoms with van der Waals surface area (Å²) in [4.78, 5) is 15.8. The molecule has 0 unspecified atom stereocenters. The lowest BCUT2D eigenvalue weighted by atomic mass is 10.1. The van der Waals surface area contributed by atoms with E-state index in [1.807, 2.05) is 12.1 Å². The highest BCUT2D eigenvalue weighted by atomic mass is 127. The Morgan fingerprint density at radius 2 is 1.96 bits per heavy atom. The maximum atomic E-state index is 11.6. The van der Waals surface area contributed by atoms with E-state index in [2.05, 4.69) is 15.6 Å². The first-order valence-corrected chi connectivity index (χ1v) is 9.01. The first kappa shape index (κ1) is 22.7. The summed E-state index contributed by atoms with van der Waals surface area (Å²) >= 11 is 0. The number of nitrogens with one attached hydrogen (secondary N) is 2. The molecule has 0 heterocycles. The highest BCUT2D eigenvalue weighted by Gasteiger charge is 2.20. The number of nitrogens with zero attached hydrogens (tertiary/aromatic N) is 1. The quantitative estimate of drug-likeness (QED) is 0.179. The smallest absolute Gasteiger partial charge is 0.338 e. The highest BCUT2D eigenvalue weighted by molar-refractivity contribution is 14.0. The molecule has 1 aromatic rings. The molecule has 2 N–H and O–H groups in total. The number of ether oxygens (including phenoxy) is 2. The van der Waals surface area contributed by atoms with Crippen LogP contribution in [0, 0.1) is 5.92 Å². The second kappa shape index (κ2) is 12.9. The second-order valence-corrected chi connectivity index (χ2v) is 6.14. The second-order valence-electron chi connectivity index (χ2n) is 6.14. The molecule has 0 aromatic heterocycles. The zero-order chi connectivity index (χ0) is 17.9. The van der Waals surface area contributed by atoms with Crippen molar-refractivity contribution in [2.75, 3.05) is 33.4 Å². The van der Waals surface area contributed by atoms with Gasteiger partial charge in [0, 0.05) is 33.4 Å². The Morgan fingerprint density at radius 1 is 1.23 bits per heavy atom. The summed E-state index contributed by atoms with van der Waals surface area (Å²) in [6.07, 6.45) is 3.62. The number of carbonyl (C=O) groups is 1. The van der Waals surface area contributed by atoms with Crippen LogP contribution in [0.25, 0.3) is 0 Å². The van der Waals surface area contributed by atoms with E-state index in [0.717, 1.165) is 43.6 Å². The third-order valence-electron chi connectivity index (χ3n) is 3.96. The van der Waals surface area contributed by atoms with Gasteiger partial charge in [-0.05, 0) is 49.8 Å². The van der Waals surface area contributed by atoms with Crippen molar-refractivity contribution in [3.8, 4) is 0 Å². The largest absolute Gasteiger partial charge is 0.462 e. The Labute approximate surface area is 173 Å². The summed E-state index contributed by atoms with van der Waals surface area (Å²) in [6, 6.07) is 7.39. The fourth-order valence-electron chi connectivity index (χ4n) is 2.30. The highest BCUT2D eigenvalue weighted by Crippen LogP contribution is 2.28. The molecular formula is C19H30IN3O3. The Morgan fingerprint density at radius 3 is 2.58 bits per heavy atom. The monoisotopic (exact) mass is 475 g/mol. The third-order valence-corrected chi connectivity index (χ3v) is 3.96. The zero-order valence-corrected chi connectivity index (χ0v) is 18.0. The van der Waals surface area contributed by atoms with Gasteiger partial charge in [0.2, 0.25) is 0 Å². The molecule has 0 amide bonds. The normalized spacial score (nSPS) is 13.7. The maximum Gasteiger partial charge on any atom is 0.338 e. The average Bonchev–Trinajstić information content (AvgIpc) is 3.45. The number of esters is 1. The molecular weight excluding hydrogens is 445 g/mol. The maximum absolute atomic E-state index is 11.6. The summed E-state index contributed by atoms with van der Waals surface area (Å²) in [7, 11) is 1.75. The molecule has 0 spiro atoms. The minimum Gasteiger partial charge on any atom is -0.462 e. The molecule has 26 heavy (non-hydrogen) atoms. The molecule has 0 aliphatic heterocycles. The lowest BCUT2D eigenvalue weighted by Gasteiger charge is -2.12. The van der Waals surface area contributed by atoms with Gasteiger partial charge in [0.05, 0.1) is 12.2 Å². The van der Waals surface area contributed by atoms with Crippen LogP contribution in [0.2, 0.25) is 0 Å². The van der Waals surface area contributed by atoms with Gasteiger partial charge in [-0.2, -0.15) is 0 Å². The van der Waals surface area contributed by atoms with Crippen LogP contribution in [0.15, 0.2) is 29.3 Å². The molecule has 1 aliphatic carbocycles. The Bertz CT molecular complexity index is 560. The number of hydrogen-bond donors (Lipinski definition) is 2. The number of guanidine groups is 1. The summed E-state index contributed by atoms with van der Waals surface area (Å²) in [5.41, 5.74) is 1.64. The van der Waals surface area contributed by atoms with Gasteiger partial charge in [-0.1, -0.05) is 12.1 Å². The first-order valence-electron chi connectivity index (χ1n) is 9.01. The van der Waals surface area contributed by atoms with E-state index in [0.29, 0.717) is 18.7 Å².